The van der Waals surface area contributed by atoms with Crippen LogP contribution in [0.15, 0.2) is 12.2 Å². The summed E-state index contributed by atoms with van der Waals surface area (Å²) in [5.74, 6) is -2.37. The molecule has 0 fully saturated rings. The minimum Gasteiger partial charge on any atom is -0.480 e. The fourth-order valence-electron chi connectivity index (χ4n) is 6.77. The first-order chi connectivity index (χ1) is 28.1. The second-order valence-electron chi connectivity index (χ2n) is 16.2. The van der Waals surface area contributed by atoms with E-state index in [4.69, 9.17) is 24.8 Å². The number of hydrogen-bond donors (Lipinski definition) is 3. The molecule has 0 radical (unpaired) electrons. The van der Waals surface area contributed by atoms with E-state index in [-0.39, 0.29) is 19.4 Å². The molecule has 0 spiro atoms. The maximum atomic E-state index is 12.7. The minimum absolute atomic E-state index is 0.166. The zero-order valence-electron chi connectivity index (χ0n) is 37.2. The van der Waals surface area contributed by atoms with Gasteiger partial charge in [-0.2, -0.15) is 0 Å². The van der Waals surface area contributed by atoms with Crippen LogP contribution in [0.25, 0.3) is 0 Å². The van der Waals surface area contributed by atoms with E-state index in [1.54, 1.807) is 0 Å². The summed E-state index contributed by atoms with van der Waals surface area (Å²) in [6.45, 7) is 2.83. The monoisotopic (exact) mass is 846 g/mol. The molecule has 0 aromatic carbocycles. The Bertz CT molecular complexity index is 1040. The number of hydrogen-bond acceptors (Lipinski definition) is 9. The number of nitrogens with two attached hydrogens (primary N) is 1. The van der Waals surface area contributed by atoms with Crippen LogP contribution in [0.3, 0.4) is 0 Å². The molecule has 0 saturated heterocycles. The number of carboxylic acids is 1. The molecule has 1 unspecified atom stereocenters. The molecular formula is C46H88NO10P. The van der Waals surface area contributed by atoms with Gasteiger partial charge in [-0.1, -0.05) is 193 Å². The predicted octanol–water partition coefficient (Wildman–Crippen LogP) is 12.8. The Morgan fingerprint density at radius 2 is 0.862 bits per heavy atom. The molecule has 0 heterocycles. The summed E-state index contributed by atoms with van der Waals surface area (Å²) >= 11 is 0. The molecule has 0 aliphatic rings. The number of carbonyl (C=O) groups excluding carboxylic acids is 2. The predicted molar refractivity (Wildman–Crippen MR) is 236 cm³/mol. The summed E-state index contributed by atoms with van der Waals surface area (Å²) in [5.41, 5.74) is 5.34. The zero-order valence-corrected chi connectivity index (χ0v) is 38.1. The first kappa shape index (κ1) is 56.2. The fraction of sp³-hybridized carbons (Fsp3) is 0.891. The first-order valence-corrected chi connectivity index (χ1v) is 25.2. The summed E-state index contributed by atoms with van der Waals surface area (Å²) in [4.78, 5) is 46.0. The number of carboxylic acid groups (broad SMARTS) is 1. The zero-order chi connectivity index (χ0) is 42.8. The van der Waals surface area contributed by atoms with Gasteiger partial charge in [-0.3, -0.25) is 23.4 Å². The van der Waals surface area contributed by atoms with Crippen molar-refractivity contribution in [3.05, 3.63) is 12.2 Å². The van der Waals surface area contributed by atoms with Crippen LogP contribution >= 0.6 is 7.82 Å². The number of carbonyl (C=O) groups is 3. The van der Waals surface area contributed by atoms with Gasteiger partial charge in [-0.05, 0) is 38.5 Å². The third-order valence-corrected chi connectivity index (χ3v) is 11.5. The Morgan fingerprint density at radius 3 is 1.26 bits per heavy atom. The van der Waals surface area contributed by atoms with Crippen molar-refractivity contribution in [3.63, 3.8) is 0 Å². The molecule has 0 rings (SSSR count). The topological polar surface area (TPSA) is 172 Å². The molecule has 0 aromatic heterocycles. The number of ether oxygens (including phenoxy) is 2. The van der Waals surface area contributed by atoms with E-state index in [9.17, 15) is 23.8 Å². The van der Waals surface area contributed by atoms with E-state index in [1.165, 1.54) is 148 Å². The van der Waals surface area contributed by atoms with Gasteiger partial charge in [0.15, 0.2) is 6.10 Å². The Balaban J connectivity index is 4.28. The van der Waals surface area contributed by atoms with E-state index >= 15 is 0 Å². The van der Waals surface area contributed by atoms with Crippen molar-refractivity contribution in [2.24, 2.45) is 5.73 Å². The highest BCUT2D eigenvalue weighted by Crippen LogP contribution is 2.43. The Kier molecular flexibility index (Phi) is 40.6. The molecule has 0 aliphatic heterocycles. The van der Waals surface area contributed by atoms with Gasteiger partial charge in [0.2, 0.25) is 0 Å². The van der Waals surface area contributed by atoms with Crippen LogP contribution < -0.4 is 5.73 Å². The Labute approximate surface area is 354 Å². The highest BCUT2D eigenvalue weighted by Gasteiger charge is 2.28. The van der Waals surface area contributed by atoms with Gasteiger partial charge in [0.1, 0.15) is 12.6 Å². The average Bonchev–Trinajstić information content (AvgIpc) is 3.20. The van der Waals surface area contributed by atoms with Crippen molar-refractivity contribution in [3.8, 4) is 0 Å². The smallest absolute Gasteiger partial charge is 0.472 e. The Hall–Kier alpha value is -1.78. The fourth-order valence-corrected chi connectivity index (χ4v) is 7.55. The van der Waals surface area contributed by atoms with Gasteiger partial charge in [-0.25, -0.2) is 4.57 Å². The largest absolute Gasteiger partial charge is 0.480 e. The number of rotatable bonds is 45. The van der Waals surface area contributed by atoms with Gasteiger partial charge in [0.25, 0.3) is 0 Å². The molecule has 4 N–H and O–H groups in total. The number of esters is 2. The SMILES string of the molecule is CCCCCCCC/C=C\CCCCCCCCCC(=O)OC[C@H](COP(=O)(O)OC[C@H](N)C(=O)O)OC(=O)CCCCCCCCCCCCCCCCCCC. The van der Waals surface area contributed by atoms with E-state index < -0.39 is 51.1 Å². The van der Waals surface area contributed by atoms with Gasteiger partial charge in [0.05, 0.1) is 13.2 Å². The van der Waals surface area contributed by atoms with Crippen LogP contribution in [-0.4, -0.2) is 59.9 Å². The molecule has 0 saturated carbocycles. The summed E-state index contributed by atoms with van der Waals surface area (Å²) < 4.78 is 32.8. The molecule has 342 valence electrons. The number of phosphoric ester groups is 1. The van der Waals surface area contributed by atoms with Gasteiger partial charge in [-0.15, -0.1) is 0 Å². The third kappa shape index (κ3) is 41.0. The normalized spacial score (nSPS) is 13.7. The third-order valence-electron chi connectivity index (χ3n) is 10.5. The van der Waals surface area contributed by atoms with E-state index in [2.05, 4.69) is 30.5 Å². The van der Waals surface area contributed by atoms with Crippen LogP contribution in [-0.2, 0) is 37.5 Å². The molecule has 0 bridgehead atoms. The van der Waals surface area contributed by atoms with Crippen molar-refractivity contribution in [1.29, 1.82) is 0 Å². The molecule has 0 aliphatic carbocycles. The summed E-state index contributed by atoms with van der Waals surface area (Å²) in [5, 5.41) is 8.90. The molecule has 58 heavy (non-hydrogen) atoms. The summed E-state index contributed by atoms with van der Waals surface area (Å²) in [6.07, 6.45) is 42.7. The molecule has 11 nitrogen and oxygen atoms in total. The van der Waals surface area contributed by atoms with Crippen molar-refractivity contribution < 1.29 is 47.5 Å². The lowest BCUT2D eigenvalue weighted by molar-refractivity contribution is -0.161. The van der Waals surface area contributed by atoms with Crippen molar-refractivity contribution in [2.45, 2.75) is 244 Å². The number of phosphoric acid groups is 1. The van der Waals surface area contributed by atoms with Crippen molar-refractivity contribution in [2.75, 3.05) is 19.8 Å². The quantitative estimate of drug-likeness (QED) is 0.0230. The molecule has 12 heteroatoms. The second-order valence-corrected chi connectivity index (χ2v) is 17.7. The van der Waals surface area contributed by atoms with E-state index in [0.29, 0.717) is 12.8 Å². The number of aliphatic carboxylic acids is 1. The van der Waals surface area contributed by atoms with Crippen LogP contribution in [0, 0.1) is 0 Å². The summed E-state index contributed by atoms with van der Waals surface area (Å²) in [6, 6.07) is -1.52. The first-order valence-electron chi connectivity index (χ1n) is 23.7. The van der Waals surface area contributed by atoms with Gasteiger partial charge in [0, 0.05) is 12.8 Å². The van der Waals surface area contributed by atoms with E-state index in [1.807, 2.05) is 0 Å². The van der Waals surface area contributed by atoms with Crippen LogP contribution in [0.5, 0.6) is 0 Å². The maximum Gasteiger partial charge on any atom is 0.472 e. The van der Waals surface area contributed by atoms with Crippen LogP contribution in [0.1, 0.15) is 232 Å². The highest BCUT2D eigenvalue weighted by molar-refractivity contribution is 7.47. The van der Waals surface area contributed by atoms with Gasteiger partial charge < -0.3 is 25.2 Å². The van der Waals surface area contributed by atoms with Gasteiger partial charge >= 0.3 is 25.7 Å². The maximum absolute atomic E-state index is 12.7. The Morgan fingerprint density at radius 1 is 0.517 bits per heavy atom. The minimum atomic E-state index is -4.71. The van der Waals surface area contributed by atoms with Crippen molar-refractivity contribution >= 4 is 25.7 Å². The van der Waals surface area contributed by atoms with Crippen LogP contribution in [0.2, 0.25) is 0 Å². The van der Waals surface area contributed by atoms with E-state index in [0.717, 1.165) is 44.9 Å². The van der Waals surface area contributed by atoms with Crippen molar-refractivity contribution in [1.82, 2.24) is 0 Å². The lowest BCUT2D eigenvalue weighted by atomic mass is 10.0. The molecule has 3 atom stereocenters. The number of allylic oxidation sites excluding steroid dienone is 2. The lowest BCUT2D eigenvalue weighted by Gasteiger charge is -2.20. The lowest BCUT2D eigenvalue weighted by Crippen LogP contribution is -2.34. The standard InChI is InChI=1S/C46H88NO10P/c1-3-5-7-9-11-13-15-17-19-21-23-25-27-29-31-33-35-37-44(48)54-39-42(40-55-58(52,53)56-41-43(47)46(50)51)57-45(49)38-36-34-32-30-28-26-24-22-20-18-16-14-12-10-8-6-4-2/h17,19,42-43H,3-16,18,20-41,47H2,1-2H3,(H,50,51)(H,52,53)/b19-17-/t42-,43+/m1/s1. The number of unbranched alkanes of at least 4 members (excludes halogenated alkanes) is 29. The second kappa shape index (κ2) is 41.9. The molecule has 0 amide bonds. The average molecular weight is 846 g/mol. The molecule has 0 aromatic rings. The molecular weight excluding hydrogens is 757 g/mol. The summed E-state index contributed by atoms with van der Waals surface area (Å²) in [7, 11) is -4.71. The van der Waals surface area contributed by atoms with Crippen LogP contribution in [0.4, 0.5) is 0 Å². The highest BCUT2D eigenvalue weighted by atomic mass is 31.2.